The number of carbonyl (C=O) groups excluding carboxylic acids is 1. The topological polar surface area (TPSA) is 56.1 Å². The number of carbonyl (C=O) groups is 1. The van der Waals surface area contributed by atoms with Crippen LogP contribution < -0.4 is 5.32 Å². The molecule has 23 heavy (non-hydrogen) atoms. The van der Waals surface area contributed by atoms with Crippen molar-refractivity contribution in [3.8, 4) is 6.07 Å². The Hall–Kier alpha value is -1.90. The molecule has 3 heterocycles. The van der Waals surface area contributed by atoms with Crippen LogP contribution in [0, 0.1) is 17.2 Å². The number of piperidine rings is 1. The Kier molecular flexibility index (Phi) is 2.68. The monoisotopic (exact) mass is 323 g/mol. The van der Waals surface area contributed by atoms with Gasteiger partial charge < -0.3 is 5.32 Å². The second-order valence-corrected chi connectivity index (χ2v) is 8.05. The largest absolute Gasteiger partial charge is 0.346 e. The number of nitrogens with one attached hydrogen (secondary N) is 1. The Morgan fingerprint density at radius 1 is 1.43 bits per heavy atom. The van der Waals surface area contributed by atoms with Gasteiger partial charge in [-0.05, 0) is 49.2 Å². The summed E-state index contributed by atoms with van der Waals surface area (Å²) in [6.45, 7) is 2.35. The molecular weight excluding hydrogens is 306 g/mol. The van der Waals surface area contributed by atoms with E-state index in [0.29, 0.717) is 17.5 Å². The average molecular weight is 323 g/mol. The van der Waals surface area contributed by atoms with E-state index >= 15 is 0 Å². The molecule has 2 aliphatic heterocycles. The van der Waals surface area contributed by atoms with Crippen LogP contribution in [0.15, 0.2) is 24.3 Å². The summed E-state index contributed by atoms with van der Waals surface area (Å²) in [7, 11) is 0. The molecule has 2 aromatic rings. The zero-order valence-corrected chi connectivity index (χ0v) is 13.5. The maximum atomic E-state index is 12.8. The van der Waals surface area contributed by atoms with Gasteiger partial charge in [0.05, 0.1) is 21.2 Å². The molecule has 3 aliphatic rings. The number of thiophene rings is 1. The Morgan fingerprint density at radius 3 is 3.09 bits per heavy atom. The molecule has 3 atom stereocenters. The van der Waals surface area contributed by atoms with Crippen molar-refractivity contribution < 1.29 is 4.79 Å². The lowest BCUT2D eigenvalue weighted by molar-refractivity contribution is 0.0896. The lowest BCUT2D eigenvalue weighted by atomic mass is 9.92. The van der Waals surface area contributed by atoms with Crippen molar-refractivity contribution in [2.24, 2.45) is 5.92 Å². The number of benzene rings is 1. The first-order valence-electron chi connectivity index (χ1n) is 8.20. The molecule has 3 fully saturated rings. The van der Waals surface area contributed by atoms with Crippen LogP contribution in [0.25, 0.3) is 10.1 Å². The van der Waals surface area contributed by atoms with Crippen molar-refractivity contribution in [3.63, 3.8) is 0 Å². The van der Waals surface area contributed by atoms with Gasteiger partial charge >= 0.3 is 0 Å². The van der Waals surface area contributed by atoms with Crippen LogP contribution in [0.2, 0.25) is 0 Å². The first-order chi connectivity index (χ1) is 11.2. The van der Waals surface area contributed by atoms with E-state index in [9.17, 15) is 10.1 Å². The second kappa shape index (κ2) is 4.56. The first-order valence-corrected chi connectivity index (χ1v) is 9.01. The van der Waals surface area contributed by atoms with Gasteiger partial charge in [-0.15, -0.1) is 11.3 Å². The minimum atomic E-state index is 0.0279. The van der Waals surface area contributed by atoms with Gasteiger partial charge in [-0.1, -0.05) is 12.1 Å². The Bertz CT molecular complexity index is 861. The van der Waals surface area contributed by atoms with Crippen LogP contribution in [0.5, 0.6) is 0 Å². The number of fused-ring (bicyclic) bond motifs is 4. The van der Waals surface area contributed by atoms with E-state index in [1.807, 2.05) is 24.3 Å². The highest BCUT2D eigenvalue weighted by molar-refractivity contribution is 7.21. The molecule has 1 saturated carbocycles. The molecule has 1 spiro atoms. The molecule has 0 radical (unpaired) electrons. The number of hydrogen-bond donors (Lipinski definition) is 1. The van der Waals surface area contributed by atoms with Crippen molar-refractivity contribution in [3.05, 3.63) is 34.7 Å². The van der Waals surface area contributed by atoms with Gasteiger partial charge in [-0.2, -0.15) is 5.26 Å². The van der Waals surface area contributed by atoms with Gasteiger partial charge in [0, 0.05) is 12.1 Å². The number of nitriles is 1. The average Bonchev–Trinajstić information content (AvgIpc) is 2.96. The molecule has 1 aromatic carbocycles. The number of amides is 1. The molecule has 1 amide bonds. The molecule has 5 heteroatoms. The van der Waals surface area contributed by atoms with E-state index in [4.69, 9.17) is 0 Å². The van der Waals surface area contributed by atoms with E-state index in [1.54, 1.807) is 0 Å². The molecule has 1 N–H and O–H groups in total. The lowest BCUT2D eigenvalue weighted by Gasteiger charge is -2.33. The minimum Gasteiger partial charge on any atom is -0.346 e. The molecule has 2 bridgehead atoms. The first kappa shape index (κ1) is 13.5. The Morgan fingerprint density at radius 2 is 2.30 bits per heavy atom. The summed E-state index contributed by atoms with van der Waals surface area (Å²) in [6.07, 6.45) is 3.65. The normalized spacial score (nSPS) is 29.8. The predicted molar refractivity (Wildman–Crippen MR) is 89.4 cm³/mol. The van der Waals surface area contributed by atoms with Crippen LogP contribution >= 0.6 is 11.3 Å². The van der Waals surface area contributed by atoms with Gasteiger partial charge in [0.1, 0.15) is 6.07 Å². The van der Waals surface area contributed by atoms with Crippen LogP contribution in [-0.2, 0) is 0 Å². The SMILES string of the molecule is N#Cc1cccc2cc(C(=O)N[C@@H]3C4CCN(C4)C34CC4)sc12. The van der Waals surface area contributed by atoms with Gasteiger partial charge in [-0.3, -0.25) is 9.69 Å². The fourth-order valence-electron chi connectivity index (χ4n) is 4.58. The maximum Gasteiger partial charge on any atom is 0.261 e. The van der Waals surface area contributed by atoms with E-state index in [0.717, 1.165) is 21.5 Å². The summed E-state index contributed by atoms with van der Waals surface area (Å²) in [5, 5.41) is 13.5. The van der Waals surface area contributed by atoms with Crippen LogP contribution in [0.3, 0.4) is 0 Å². The van der Waals surface area contributed by atoms with Gasteiger partial charge in [0.2, 0.25) is 0 Å². The highest BCUT2D eigenvalue weighted by Crippen LogP contribution is 2.55. The molecular formula is C18H17N3OS. The molecule has 1 aromatic heterocycles. The highest BCUT2D eigenvalue weighted by atomic mass is 32.1. The number of nitrogens with zero attached hydrogens (tertiary/aromatic N) is 2. The summed E-state index contributed by atoms with van der Waals surface area (Å²) < 4.78 is 0.915. The molecule has 5 rings (SSSR count). The molecule has 116 valence electrons. The van der Waals surface area contributed by atoms with E-state index in [1.165, 1.54) is 37.1 Å². The van der Waals surface area contributed by atoms with E-state index in [2.05, 4.69) is 16.3 Å². The minimum absolute atomic E-state index is 0.0279. The molecule has 2 unspecified atom stereocenters. The zero-order chi connectivity index (χ0) is 15.6. The fourth-order valence-corrected chi connectivity index (χ4v) is 5.61. The molecule has 4 nitrogen and oxygen atoms in total. The Labute approximate surface area is 138 Å². The standard InChI is InChI=1S/C18H17N3OS/c19-9-12-3-1-2-11-8-14(23-15(11)12)17(22)20-16-13-4-7-21(10-13)18(16)5-6-18/h1-3,8,13,16H,4-7,10H2,(H,20,22)/t13?,16-/m1/s1. The zero-order valence-electron chi connectivity index (χ0n) is 12.7. The summed E-state index contributed by atoms with van der Waals surface area (Å²) in [4.78, 5) is 16.1. The van der Waals surface area contributed by atoms with Crippen molar-refractivity contribution >= 4 is 27.3 Å². The highest BCUT2D eigenvalue weighted by Gasteiger charge is 2.63. The van der Waals surface area contributed by atoms with Gasteiger partial charge in [0.15, 0.2) is 0 Å². The quantitative estimate of drug-likeness (QED) is 0.924. The second-order valence-electron chi connectivity index (χ2n) is 7.00. The van der Waals surface area contributed by atoms with Gasteiger partial charge in [0.25, 0.3) is 5.91 Å². The summed E-state index contributed by atoms with van der Waals surface area (Å²) in [5.41, 5.74) is 0.920. The third-order valence-corrected chi connectivity index (χ3v) is 7.02. The van der Waals surface area contributed by atoms with Crippen molar-refractivity contribution in [2.75, 3.05) is 13.1 Å². The summed E-state index contributed by atoms with van der Waals surface area (Å²) in [5.74, 6) is 0.644. The van der Waals surface area contributed by atoms with Crippen LogP contribution in [-0.4, -0.2) is 35.5 Å². The lowest BCUT2D eigenvalue weighted by Crippen LogP contribution is -2.51. The van der Waals surface area contributed by atoms with Crippen molar-refractivity contribution in [1.82, 2.24) is 10.2 Å². The number of rotatable bonds is 2. The molecule has 1 aliphatic carbocycles. The Balaban J connectivity index is 1.44. The smallest absolute Gasteiger partial charge is 0.261 e. The van der Waals surface area contributed by atoms with Gasteiger partial charge in [-0.25, -0.2) is 0 Å². The van der Waals surface area contributed by atoms with Crippen LogP contribution in [0.4, 0.5) is 0 Å². The summed E-state index contributed by atoms with van der Waals surface area (Å²) in [6, 6.07) is 10.1. The third-order valence-electron chi connectivity index (χ3n) is 5.84. The fraction of sp³-hybridized carbons (Fsp3) is 0.444. The van der Waals surface area contributed by atoms with Crippen LogP contribution in [0.1, 0.15) is 34.5 Å². The maximum absolute atomic E-state index is 12.8. The molecule has 2 saturated heterocycles. The number of hydrogen-bond acceptors (Lipinski definition) is 4. The van der Waals surface area contributed by atoms with E-state index in [-0.39, 0.29) is 11.4 Å². The predicted octanol–water partition coefficient (Wildman–Crippen LogP) is 2.74. The van der Waals surface area contributed by atoms with Crippen molar-refractivity contribution in [1.29, 1.82) is 5.26 Å². The van der Waals surface area contributed by atoms with Crippen molar-refractivity contribution in [2.45, 2.75) is 30.8 Å². The van der Waals surface area contributed by atoms with E-state index < -0.39 is 0 Å². The third kappa shape index (κ3) is 1.82. The summed E-state index contributed by atoms with van der Waals surface area (Å²) >= 11 is 1.43.